The minimum Gasteiger partial charge on any atom is -0.468 e. The summed E-state index contributed by atoms with van der Waals surface area (Å²) in [6.07, 6.45) is 7.35. The van der Waals surface area contributed by atoms with Crippen LogP contribution in [0.2, 0.25) is 0 Å². The molecular weight excluding hydrogens is 260 g/mol. The van der Waals surface area contributed by atoms with Crippen LogP contribution < -0.4 is 5.32 Å². The number of hydrogen-bond acceptors (Lipinski definition) is 5. The summed E-state index contributed by atoms with van der Waals surface area (Å²) in [7, 11) is 1.43. The van der Waals surface area contributed by atoms with Crippen LogP contribution in [0.3, 0.4) is 0 Å². The van der Waals surface area contributed by atoms with E-state index in [2.05, 4.69) is 10.3 Å². The Hall–Kier alpha value is -0.940. The molecule has 106 valence electrons. The third kappa shape index (κ3) is 4.01. The Bertz CT molecular complexity index is 411. The van der Waals surface area contributed by atoms with Gasteiger partial charge in [0.25, 0.3) is 0 Å². The molecule has 1 atom stereocenters. The highest BCUT2D eigenvalue weighted by molar-refractivity contribution is 7.09. The van der Waals surface area contributed by atoms with Crippen molar-refractivity contribution in [2.45, 2.75) is 57.5 Å². The SMILES string of the molecule is COC(=O)C(NC1CCCCCC1)c1csc(C)n1. The fraction of sp³-hybridized carbons (Fsp3) is 0.714. The van der Waals surface area contributed by atoms with Gasteiger partial charge in [-0.15, -0.1) is 11.3 Å². The zero-order valence-electron chi connectivity index (χ0n) is 11.6. The van der Waals surface area contributed by atoms with Crippen LogP contribution in [0.4, 0.5) is 0 Å². The molecule has 1 aromatic heterocycles. The molecule has 1 aliphatic carbocycles. The van der Waals surface area contributed by atoms with Crippen LogP contribution in [0.1, 0.15) is 55.3 Å². The molecule has 1 fully saturated rings. The average molecular weight is 282 g/mol. The third-order valence-electron chi connectivity index (χ3n) is 3.63. The maximum Gasteiger partial charge on any atom is 0.329 e. The summed E-state index contributed by atoms with van der Waals surface area (Å²) in [6.45, 7) is 1.95. The van der Waals surface area contributed by atoms with Crippen LogP contribution in [0, 0.1) is 6.92 Å². The Morgan fingerprint density at radius 1 is 1.42 bits per heavy atom. The number of thiazole rings is 1. The van der Waals surface area contributed by atoms with Crippen molar-refractivity contribution in [3.8, 4) is 0 Å². The smallest absolute Gasteiger partial charge is 0.329 e. The number of aromatic nitrogens is 1. The molecule has 0 amide bonds. The van der Waals surface area contributed by atoms with Crippen LogP contribution in [0.15, 0.2) is 5.38 Å². The normalized spacial score (nSPS) is 18.8. The van der Waals surface area contributed by atoms with Gasteiger partial charge in [-0.3, -0.25) is 5.32 Å². The third-order valence-corrected chi connectivity index (χ3v) is 4.42. The van der Waals surface area contributed by atoms with Crippen molar-refractivity contribution in [1.29, 1.82) is 0 Å². The Balaban J connectivity index is 2.07. The van der Waals surface area contributed by atoms with Crippen molar-refractivity contribution >= 4 is 17.3 Å². The fourth-order valence-electron chi connectivity index (χ4n) is 2.59. The molecule has 1 heterocycles. The van der Waals surface area contributed by atoms with Gasteiger partial charge in [-0.25, -0.2) is 9.78 Å². The molecule has 1 aliphatic rings. The molecule has 1 aromatic rings. The van der Waals surface area contributed by atoms with Gasteiger partial charge in [-0.2, -0.15) is 0 Å². The van der Waals surface area contributed by atoms with E-state index >= 15 is 0 Å². The molecule has 0 aliphatic heterocycles. The molecule has 1 unspecified atom stereocenters. The van der Waals surface area contributed by atoms with E-state index in [1.54, 1.807) is 11.3 Å². The summed E-state index contributed by atoms with van der Waals surface area (Å²) >= 11 is 1.57. The van der Waals surface area contributed by atoms with Crippen LogP contribution in [-0.4, -0.2) is 24.1 Å². The van der Waals surface area contributed by atoms with Crippen molar-refractivity contribution in [2.75, 3.05) is 7.11 Å². The van der Waals surface area contributed by atoms with E-state index in [0.29, 0.717) is 6.04 Å². The lowest BCUT2D eigenvalue weighted by Crippen LogP contribution is -2.37. The number of ether oxygens (including phenoxy) is 1. The summed E-state index contributed by atoms with van der Waals surface area (Å²) in [5.41, 5.74) is 0.790. The predicted octanol–water partition coefficient (Wildman–Crippen LogP) is 2.98. The first-order valence-corrected chi connectivity index (χ1v) is 7.84. The van der Waals surface area contributed by atoms with E-state index in [4.69, 9.17) is 4.74 Å². The Kier molecular flexibility index (Phi) is 5.34. The van der Waals surface area contributed by atoms with E-state index in [9.17, 15) is 4.79 Å². The highest BCUT2D eigenvalue weighted by atomic mass is 32.1. The molecule has 1 N–H and O–H groups in total. The van der Waals surface area contributed by atoms with Gasteiger partial charge in [-0.05, 0) is 19.8 Å². The summed E-state index contributed by atoms with van der Waals surface area (Å²) < 4.78 is 4.91. The first kappa shape index (κ1) is 14.5. The van der Waals surface area contributed by atoms with E-state index in [-0.39, 0.29) is 5.97 Å². The van der Waals surface area contributed by atoms with E-state index in [0.717, 1.165) is 23.5 Å². The molecule has 0 radical (unpaired) electrons. The van der Waals surface area contributed by atoms with Crippen molar-refractivity contribution in [1.82, 2.24) is 10.3 Å². The number of esters is 1. The maximum atomic E-state index is 12.0. The molecule has 2 rings (SSSR count). The van der Waals surface area contributed by atoms with Gasteiger partial charge in [-0.1, -0.05) is 25.7 Å². The minimum absolute atomic E-state index is 0.241. The highest BCUT2D eigenvalue weighted by Crippen LogP contribution is 2.23. The van der Waals surface area contributed by atoms with Crippen LogP contribution in [-0.2, 0) is 9.53 Å². The summed E-state index contributed by atoms with van der Waals surface area (Å²) in [6, 6.07) is -0.0216. The minimum atomic E-state index is -0.418. The molecule has 0 spiro atoms. The summed E-state index contributed by atoms with van der Waals surface area (Å²) in [5.74, 6) is -0.241. The van der Waals surface area contributed by atoms with Gasteiger partial charge in [0.05, 0.1) is 17.8 Å². The largest absolute Gasteiger partial charge is 0.468 e. The second-order valence-electron chi connectivity index (χ2n) is 5.10. The van der Waals surface area contributed by atoms with Gasteiger partial charge in [0, 0.05) is 11.4 Å². The molecule has 0 bridgehead atoms. The zero-order valence-corrected chi connectivity index (χ0v) is 12.5. The Labute approximate surface area is 118 Å². The van der Waals surface area contributed by atoms with Gasteiger partial charge >= 0.3 is 5.97 Å². The van der Waals surface area contributed by atoms with Crippen LogP contribution in [0.5, 0.6) is 0 Å². The van der Waals surface area contributed by atoms with Crippen molar-refractivity contribution in [3.05, 3.63) is 16.1 Å². The van der Waals surface area contributed by atoms with Gasteiger partial charge in [0.2, 0.25) is 0 Å². The quantitative estimate of drug-likeness (QED) is 0.681. The molecule has 5 heteroatoms. The number of methoxy groups -OCH3 is 1. The zero-order chi connectivity index (χ0) is 13.7. The molecular formula is C14H22N2O2S. The summed E-state index contributed by atoms with van der Waals surface area (Å²) in [5, 5.41) is 6.37. The lowest BCUT2D eigenvalue weighted by molar-refractivity contribution is -0.143. The molecule has 0 aromatic carbocycles. The Morgan fingerprint density at radius 3 is 2.63 bits per heavy atom. The van der Waals surface area contributed by atoms with E-state index in [1.807, 2.05) is 12.3 Å². The molecule has 19 heavy (non-hydrogen) atoms. The van der Waals surface area contributed by atoms with Crippen molar-refractivity contribution < 1.29 is 9.53 Å². The number of nitrogens with one attached hydrogen (secondary N) is 1. The lowest BCUT2D eigenvalue weighted by atomic mass is 10.1. The van der Waals surface area contributed by atoms with Crippen LogP contribution in [0.25, 0.3) is 0 Å². The summed E-state index contributed by atoms with van der Waals surface area (Å²) in [4.78, 5) is 16.4. The number of nitrogens with zero attached hydrogens (tertiary/aromatic N) is 1. The maximum absolute atomic E-state index is 12.0. The topological polar surface area (TPSA) is 51.2 Å². The monoisotopic (exact) mass is 282 g/mol. The molecule has 1 saturated carbocycles. The van der Waals surface area contributed by atoms with Crippen molar-refractivity contribution in [3.63, 3.8) is 0 Å². The molecule has 4 nitrogen and oxygen atoms in total. The van der Waals surface area contributed by atoms with E-state index in [1.165, 1.54) is 32.8 Å². The second kappa shape index (κ2) is 7.01. The number of rotatable bonds is 4. The van der Waals surface area contributed by atoms with Gasteiger partial charge in [0.15, 0.2) is 0 Å². The Morgan fingerprint density at radius 2 is 2.11 bits per heavy atom. The van der Waals surface area contributed by atoms with Crippen LogP contribution >= 0.6 is 11.3 Å². The number of carbonyl (C=O) groups is 1. The van der Waals surface area contributed by atoms with Gasteiger partial charge < -0.3 is 4.74 Å². The highest BCUT2D eigenvalue weighted by Gasteiger charge is 2.27. The van der Waals surface area contributed by atoms with Crippen molar-refractivity contribution in [2.24, 2.45) is 0 Å². The lowest BCUT2D eigenvalue weighted by Gasteiger charge is -2.22. The standard InChI is InChI=1S/C14H22N2O2S/c1-10-15-12(9-19-10)13(14(17)18-2)16-11-7-5-3-4-6-8-11/h9,11,13,16H,3-8H2,1-2H3. The second-order valence-corrected chi connectivity index (χ2v) is 6.16. The first-order valence-electron chi connectivity index (χ1n) is 6.96. The fourth-order valence-corrected chi connectivity index (χ4v) is 3.22. The number of carbonyl (C=O) groups excluding carboxylic acids is 1. The average Bonchev–Trinajstić information content (AvgIpc) is 2.68. The van der Waals surface area contributed by atoms with E-state index < -0.39 is 6.04 Å². The molecule has 0 saturated heterocycles. The number of aryl methyl sites for hydroxylation is 1. The first-order chi connectivity index (χ1) is 9.20. The van der Waals surface area contributed by atoms with Gasteiger partial charge in [0.1, 0.15) is 6.04 Å². The number of hydrogen-bond donors (Lipinski definition) is 1. The predicted molar refractivity (Wildman–Crippen MR) is 76.2 cm³/mol.